The molecule has 0 bridgehead atoms. The number of nitrogens with zero attached hydrogens (tertiary/aromatic N) is 2. The van der Waals surface area contributed by atoms with E-state index < -0.39 is 17.7 Å². The van der Waals surface area contributed by atoms with E-state index in [4.69, 9.17) is 9.47 Å². The third-order valence-corrected chi connectivity index (χ3v) is 5.69. The lowest BCUT2D eigenvalue weighted by molar-refractivity contribution is -0.140. The second-order valence-electron chi connectivity index (χ2n) is 8.39. The summed E-state index contributed by atoms with van der Waals surface area (Å²) in [5.41, 5.74) is 2.09. The highest BCUT2D eigenvalue weighted by molar-refractivity contribution is 6.46. The predicted molar refractivity (Wildman–Crippen MR) is 128 cm³/mol. The van der Waals surface area contributed by atoms with Crippen LogP contribution in [0.1, 0.15) is 36.1 Å². The minimum Gasteiger partial charge on any atom is -0.507 e. The molecule has 1 atom stereocenters. The summed E-state index contributed by atoms with van der Waals surface area (Å²) in [6.45, 7) is 5.41. The van der Waals surface area contributed by atoms with E-state index in [2.05, 4.69) is 0 Å². The van der Waals surface area contributed by atoms with Crippen LogP contribution in [0.15, 0.2) is 48.0 Å². The fourth-order valence-electron chi connectivity index (χ4n) is 3.91. The lowest BCUT2D eigenvalue weighted by Crippen LogP contribution is -2.35. The van der Waals surface area contributed by atoms with Crippen molar-refractivity contribution < 1.29 is 24.2 Å². The molecule has 33 heavy (non-hydrogen) atoms. The molecule has 7 nitrogen and oxygen atoms in total. The van der Waals surface area contributed by atoms with Crippen molar-refractivity contribution in [3.05, 3.63) is 64.7 Å². The van der Waals surface area contributed by atoms with Gasteiger partial charge in [0.1, 0.15) is 17.3 Å². The van der Waals surface area contributed by atoms with Crippen LogP contribution in [0.4, 0.5) is 0 Å². The molecule has 1 unspecified atom stereocenters. The van der Waals surface area contributed by atoms with E-state index in [9.17, 15) is 14.7 Å². The molecule has 0 saturated carbocycles. The average Bonchev–Trinajstić information content (AvgIpc) is 3.05. The van der Waals surface area contributed by atoms with E-state index in [1.54, 1.807) is 31.4 Å². The van der Waals surface area contributed by atoms with Gasteiger partial charge in [0.25, 0.3) is 11.7 Å². The first-order valence-corrected chi connectivity index (χ1v) is 11.1. The molecule has 1 aliphatic heterocycles. The van der Waals surface area contributed by atoms with Crippen LogP contribution >= 0.6 is 0 Å². The molecule has 1 fully saturated rings. The largest absolute Gasteiger partial charge is 0.507 e. The number of methoxy groups -OCH3 is 1. The molecule has 7 heteroatoms. The monoisotopic (exact) mass is 452 g/mol. The topological polar surface area (TPSA) is 79.3 Å². The fraction of sp³-hybridized carbons (Fsp3) is 0.385. The van der Waals surface area contributed by atoms with E-state index in [1.165, 1.54) is 4.90 Å². The average molecular weight is 453 g/mol. The number of amides is 1. The van der Waals surface area contributed by atoms with Crippen molar-refractivity contribution in [2.45, 2.75) is 26.3 Å². The van der Waals surface area contributed by atoms with Crippen molar-refractivity contribution in [3.8, 4) is 11.5 Å². The summed E-state index contributed by atoms with van der Waals surface area (Å²) in [6, 6.07) is 11.8. The number of benzene rings is 2. The van der Waals surface area contributed by atoms with Crippen molar-refractivity contribution in [2.24, 2.45) is 0 Å². The number of hydrogen-bond acceptors (Lipinski definition) is 6. The van der Waals surface area contributed by atoms with Gasteiger partial charge < -0.3 is 24.4 Å². The molecule has 1 amide bonds. The van der Waals surface area contributed by atoms with Crippen LogP contribution in [0.3, 0.4) is 0 Å². The van der Waals surface area contributed by atoms with E-state index in [0.29, 0.717) is 36.8 Å². The van der Waals surface area contributed by atoms with Gasteiger partial charge in [0.05, 0.1) is 25.3 Å². The Morgan fingerprint density at radius 1 is 1.09 bits per heavy atom. The van der Waals surface area contributed by atoms with Crippen LogP contribution < -0.4 is 9.47 Å². The number of aliphatic hydroxyl groups excluding tert-OH is 1. The molecular weight excluding hydrogens is 420 g/mol. The van der Waals surface area contributed by atoms with Gasteiger partial charge in [0.15, 0.2) is 0 Å². The standard InChI is InChI=1S/C26H32N2O5/c1-6-15-33-20-11-12-21(17(2)16-20)24(29)22-23(18-7-9-19(32-5)10-8-18)28(14-13-27(3)4)26(31)25(22)30/h7-12,16,23,29H,6,13-15H2,1-5H3. The van der Waals surface area contributed by atoms with Gasteiger partial charge in [-0.2, -0.15) is 0 Å². The Morgan fingerprint density at radius 2 is 1.76 bits per heavy atom. The second-order valence-corrected chi connectivity index (χ2v) is 8.39. The van der Waals surface area contributed by atoms with Crippen LogP contribution in [0, 0.1) is 6.92 Å². The number of carbonyl (C=O) groups is 2. The number of likely N-dealkylation sites (tertiary alicyclic amines) is 1. The van der Waals surface area contributed by atoms with Crippen LogP contribution in [0.2, 0.25) is 0 Å². The molecule has 1 heterocycles. The Labute approximate surface area is 195 Å². The first-order chi connectivity index (χ1) is 15.8. The van der Waals surface area contributed by atoms with E-state index in [-0.39, 0.29) is 11.3 Å². The number of rotatable bonds is 9. The number of carbonyl (C=O) groups excluding carboxylic acids is 2. The van der Waals surface area contributed by atoms with Crippen molar-refractivity contribution >= 4 is 17.4 Å². The molecule has 0 spiro atoms. The van der Waals surface area contributed by atoms with Gasteiger partial charge in [-0.3, -0.25) is 9.59 Å². The first kappa shape index (κ1) is 24.3. The molecule has 0 radical (unpaired) electrons. The van der Waals surface area contributed by atoms with E-state index in [0.717, 1.165) is 17.5 Å². The van der Waals surface area contributed by atoms with Gasteiger partial charge in [0.2, 0.25) is 0 Å². The van der Waals surface area contributed by atoms with Gasteiger partial charge >= 0.3 is 0 Å². The zero-order chi connectivity index (χ0) is 24.1. The van der Waals surface area contributed by atoms with Gasteiger partial charge in [0, 0.05) is 18.7 Å². The highest BCUT2D eigenvalue weighted by Crippen LogP contribution is 2.40. The summed E-state index contributed by atoms with van der Waals surface area (Å²) >= 11 is 0. The second kappa shape index (κ2) is 10.5. The molecule has 3 rings (SSSR count). The van der Waals surface area contributed by atoms with Gasteiger partial charge in [-0.05, 0) is 68.9 Å². The summed E-state index contributed by atoms with van der Waals surface area (Å²) in [4.78, 5) is 29.6. The highest BCUT2D eigenvalue weighted by atomic mass is 16.5. The van der Waals surface area contributed by atoms with Crippen molar-refractivity contribution in [1.82, 2.24) is 9.80 Å². The van der Waals surface area contributed by atoms with Crippen LogP contribution in [0.5, 0.6) is 11.5 Å². The maximum absolute atomic E-state index is 13.1. The molecule has 0 aliphatic carbocycles. The first-order valence-electron chi connectivity index (χ1n) is 11.1. The molecular formula is C26H32N2O5. The lowest BCUT2D eigenvalue weighted by Gasteiger charge is -2.26. The predicted octanol–water partition coefficient (Wildman–Crippen LogP) is 3.78. The molecule has 0 aromatic heterocycles. The molecule has 2 aromatic rings. The van der Waals surface area contributed by atoms with Crippen molar-refractivity contribution in [3.63, 3.8) is 0 Å². The summed E-state index contributed by atoms with van der Waals surface area (Å²) in [6.07, 6.45) is 0.888. The number of ketones is 1. The SMILES string of the molecule is CCCOc1ccc(C(O)=C2C(=O)C(=O)N(CCN(C)C)C2c2ccc(OC)cc2)c(C)c1. The molecule has 1 N–H and O–H groups in total. The third kappa shape index (κ3) is 5.20. The number of aliphatic hydroxyl groups is 1. The van der Waals surface area contributed by atoms with Crippen LogP contribution in [0.25, 0.3) is 5.76 Å². The highest BCUT2D eigenvalue weighted by Gasteiger charge is 2.46. The van der Waals surface area contributed by atoms with Crippen molar-refractivity contribution in [1.29, 1.82) is 0 Å². The molecule has 1 aliphatic rings. The lowest BCUT2D eigenvalue weighted by atomic mass is 9.94. The Morgan fingerprint density at radius 3 is 2.33 bits per heavy atom. The molecule has 176 valence electrons. The third-order valence-electron chi connectivity index (χ3n) is 5.69. The number of likely N-dealkylation sites (N-methyl/N-ethyl adjacent to an activating group) is 1. The summed E-state index contributed by atoms with van der Waals surface area (Å²) in [5, 5.41) is 11.3. The number of ether oxygens (including phenoxy) is 2. The number of hydrogen-bond donors (Lipinski definition) is 1. The summed E-state index contributed by atoms with van der Waals surface area (Å²) < 4.78 is 10.9. The zero-order valence-corrected chi connectivity index (χ0v) is 19.9. The molecule has 1 saturated heterocycles. The fourth-order valence-corrected chi connectivity index (χ4v) is 3.91. The normalized spacial score (nSPS) is 17.6. The van der Waals surface area contributed by atoms with E-state index in [1.807, 2.05) is 51.0 Å². The summed E-state index contributed by atoms with van der Waals surface area (Å²) in [7, 11) is 5.39. The maximum Gasteiger partial charge on any atom is 0.295 e. The smallest absolute Gasteiger partial charge is 0.295 e. The Hall–Kier alpha value is -3.32. The number of Topliss-reactive ketones (excluding diaryl/α,β-unsaturated/α-hetero) is 1. The van der Waals surface area contributed by atoms with Gasteiger partial charge in [-0.25, -0.2) is 0 Å². The minimum atomic E-state index is -0.689. The maximum atomic E-state index is 13.1. The van der Waals surface area contributed by atoms with Crippen LogP contribution in [-0.4, -0.2) is 67.5 Å². The Balaban J connectivity index is 2.10. The summed E-state index contributed by atoms with van der Waals surface area (Å²) in [5.74, 6) is -0.106. The Bertz CT molecular complexity index is 1040. The number of aryl methyl sites for hydroxylation is 1. The van der Waals surface area contributed by atoms with Gasteiger partial charge in [-0.1, -0.05) is 19.1 Å². The molecule has 2 aromatic carbocycles. The van der Waals surface area contributed by atoms with Gasteiger partial charge in [-0.15, -0.1) is 0 Å². The van der Waals surface area contributed by atoms with Crippen molar-refractivity contribution in [2.75, 3.05) is 40.9 Å². The van der Waals surface area contributed by atoms with Crippen LogP contribution in [-0.2, 0) is 9.59 Å². The quantitative estimate of drug-likeness (QED) is 0.354. The minimum absolute atomic E-state index is 0.0919. The van der Waals surface area contributed by atoms with E-state index >= 15 is 0 Å². The zero-order valence-electron chi connectivity index (χ0n) is 19.9. The Kier molecular flexibility index (Phi) is 7.76.